The molecule has 4 heteroatoms. The highest BCUT2D eigenvalue weighted by Crippen LogP contribution is 2.24. The van der Waals surface area contributed by atoms with Crippen molar-refractivity contribution in [1.29, 1.82) is 0 Å². The summed E-state index contributed by atoms with van der Waals surface area (Å²) in [5.41, 5.74) is 1.33. The maximum absolute atomic E-state index is 13.5. The van der Waals surface area contributed by atoms with E-state index in [1.54, 1.807) is 19.1 Å². The topological polar surface area (TPSA) is 32.3 Å². The van der Waals surface area contributed by atoms with E-state index in [2.05, 4.69) is 5.32 Å². The molecular formula is C13H11F2NO. The first-order chi connectivity index (χ1) is 8.04. The lowest BCUT2D eigenvalue weighted by molar-refractivity contribution is 0.469. The Balaban J connectivity index is 2.31. The van der Waals surface area contributed by atoms with E-state index in [0.29, 0.717) is 5.69 Å². The Kier molecular flexibility index (Phi) is 2.95. The number of anilines is 2. The number of hydrogen-bond donors (Lipinski definition) is 2. The van der Waals surface area contributed by atoms with Gasteiger partial charge in [-0.1, -0.05) is 6.07 Å². The van der Waals surface area contributed by atoms with Gasteiger partial charge in [0.25, 0.3) is 0 Å². The van der Waals surface area contributed by atoms with Crippen molar-refractivity contribution in [2.45, 2.75) is 6.92 Å². The van der Waals surface area contributed by atoms with Gasteiger partial charge >= 0.3 is 0 Å². The van der Waals surface area contributed by atoms with Gasteiger partial charge in [-0.3, -0.25) is 0 Å². The van der Waals surface area contributed by atoms with Crippen LogP contribution in [0.5, 0.6) is 5.75 Å². The fourth-order valence-corrected chi connectivity index (χ4v) is 1.52. The second-order valence-electron chi connectivity index (χ2n) is 3.81. The van der Waals surface area contributed by atoms with Gasteiger partial charge in [0.2, 0.25) is 0 Å². The number of phenols is 1. The number of benzene rings is 2. The van der Waals surface area contributed by atoms with E-state index in [9.17, 15) is 13.9 Å². The quantitative estimate of drug-likeness (QED) is 0.831. The Labute approximate surface area is 97.5 Å². The zero-order valence-electron chi connectivity index (χ0n) is 9.17. The molecule has 2 nitrogen and oxygen atoms in total. The van der Waals surface area contributed by atoms with Crippen LogP contribution in [0.3, 0.4) is 0 Å². The summed E-state index contributed by atoms with van der Waals surface area (Å²) in [6.45, 7) is 1.78. The molecule has 2 rings (SSSR count). The molecule has 88 valence electrons. The molecule has 0 aliphatic rings. The van der Waals surface area contributed by atoms with Gasteiger partial charge in [0.15, 0.2) is 0 Å². The molecule has 0 heterocycles. The zero-order valence-corrected chi connectivity index (χ0v) is 9.17. The minimum absolute atomic E-state index is 0.208. The normalized spacial score (nSPS) is 10.3. The Hall–Kier alpha value is -2.10. The SMILES string of the molecule is Cc1ccc(Nc2cc(O)cc(F)c2)c(F)c1. The maximum atomic E-state index is 13.5. The van der Waals surface area contributed by atoms with Crippen molar-refractivity contribution in [3.63, 3.8) is 0 Å². The number of phenolic OH excluding ortho intramolecular Hbond substituents is 1. The lowest BCUT2D eigenvalue weighted by atomic mass is 10.2. The molecule has 0 fully saturated rings. The molecule has 0 aliphatic heterocycles. The van der Waals surface area contributed by atoms with Gasteiger partial charge in [-0.05, 0) is 30.7 Å². The predicted molar refractivity (Wildman–Crippen MR) is 62.5 cm³/mol. The van der Waals surface area contributed by atoms with E-state index in [4.69, 9.17) is 0 Å². The molecule has 0 saturated carbocycles. The summed E-state index contributed by atoms with van der Waals surface area (Å²) in [6.07, 6.45) is 0. The largest absolute Gasteiger partial charge is 0.508 e. The van der Waals surface area contributed by atoms with Crippen molar-refractivity contribution in [3.05, 3.63) is 53.6 Å². The number of aryl methyl sites for hydroxylation is 1. The van der Waals surface area contributed by atoms with Crippen molar-refractivity contribution in [1.82, 2.24) is 0 Å². The molecule has 0 aromatic heterocycles. The lowest BCUT2D eigenvalue weighted by Gasteiger charge is -2.08. The van der Waals surface area contributed by atoms with E-state index in [0.717, 1.165) is 11.6 Å². The van der Waals surface area contributed by atoms with Crippen LogP contribution in [0.4, 0.5) is 20.2 Å². The van der Waals surface area contributed by atoms with Crippen molar-refractivity contribution in [3.8, 4) is 5.75 Å². The first kappa shape index (κ1) is 11.4. The lowest BCUT2D eigenvalue weighted by Crippen LogP contribution is -1.94. The van der Waals surface area contributed by atoms with E-state index in [1.807, 2.05) is 0 Å². The maximum Gasteiger partial charge on any atom is 0.146 e. The highest BCUT2D eigenvalue weighted by molar-refractivity contribution is 5.62. The molecule has 0 radical (unpaired) electrons. The smallest absolute Gasteiger partial charge is 0.146 e. The average Bonchev–Trinajstić information content (AvgIpc) is 2.21. The monoisotopic (exact) mass is 235 g/mol. The molecule has 2 aromatic carbocycles. The van der Waals surface area contributed by atoms with Crippen LogP contribution in [0.1, 0.15) is 5.56 Å². The number of aromatic hydroxyl groups is 1. The van der Waals surface area contributed by atoms with Crippen LogP contribution >= 0.6 is 0 Å². The number of rotatable bonds is 2. The second-order valence-corrected chi connectivity index (χ2v) is 3.81. The molecule has 2 N–H and O–H groups in total. The molecule has 0 amide bonds. The van der Waals surface area contributed by atoms with Gasteiger partial charge in [0.1, 0.15) is 17.4 Å². The van der Waals surface area contributed by atoms with Crippen molar-refractivity contribution in [2.75, 3.05) is 5.32 Å². The summed E-state index contributed by atoms with van der Waals surface area (Å²) in [6, 6.07) is 8.16. The third kappa shape index (κ3) is 2.72. The highest BCUT2D eigenvalue weighted by atomic mass is 19.1. The van der Waals surface area contributed by atoms with Gasteiger partial charge in [-0.2, -0.15) is 0 Å². The van der Waals surface area contributed by atoms with Gasteiger partial charge in [-0.15, -0.1) is 0 Å². The standard InChI is InChI=1S/C13H11F2NO/c1-8-2-3-13(12(15)4-8)16-10-5-9(14)6-11(17)7-10/h2-7,16-17H,1H3. The third-order valence-electron chi connectivity index (χ3n) is 2.29. The highest BCUT2D eigenvalue weighted by Gasteiger charge is 2.04. The average molecular weight is 235 g/mol. The fourth-order valence-electron chi connectivity index (χ4n) is 1.52. The van der Waals surface area contributed by atoms with Crippen LogP contribution in [0.15, 0.2) is 36.4 Å². The molecule has 0 saturated heterocycles. The fraction of sp³-hybridized carbons (Fsp3) is 0.0769. The van der Waals surface area contributed by atoms with Crippen LogP contribution in [0.2, 0.25) is 0 Å². The Bertz CT molecular complexity index is 535. The van der Waals surface area contributed by atoms with Crippen LogP contribution in [-0.4, -0.2) is 5.11 Å². The zero-order chi connectivity index (χ0) is 12.4. The van der Waals surface area contributed by atoms with E-state index >= 15 is 0 Å². The number of hydrogen-bond acceptors (Lipinski definition) is 2. The Morgan fingerprint density at radius 1 is 1.06 bits per heavy atom. The first-order valence-corrected chi connectivity index (χ1v) is 5.07. The minimum atomic E-state index is -0.583. The van der Waals surface area contributed by atoms with Crippen LogP contribution in [0.25, 0.3) is 0 Å². The summed E-state index contributed by atoms with van der Waals surface area (Å²) in [5, 5.41) is 11.9. The summed E-state index contributed by atoms with van der Waals surface area (Å²) >= 11 is 0. The molecule has 17 heavy (non-hydrogen) atoms. The second kappa shape index (κ2) is 4.41. The van der Waals surface area contributed by atoms with Crippen molar-refractivity contribution in [2.24, 2.45) is 0 Å². The summed E-state index contributed by atoms with van der Waals surface area (Å²) in [7, 11) is 0. The minimum Gasteiger partial charge on any atom is -0.508 e. The number of nitrogens with one attached hydrogen (secondary N) is 1. The van der Waals surface area contributed by atoms with E-state index in [-0.39, 0.29) is 11.4 Å². The van der Waals surface area contributed by atoms with Crippen LogP contribution in [0, 0.1) is 18.6 Å². The Morgan fingerprint density at radius 3 is 2.47 bits per heavy atom. The molecule has 2 aromatic rings. The van der Waals surface area contributed by atoms with Gasteiger partial charge in [-0.25, -0.2) is 8.78 Å². The number of halogens is 2. The van der Waals surface area contributed by atoms with Gasteiger partial charge in [0.05, 0.1) is 5.69 Å². The molecule has 0 unspecified atom stereocenters. The molecule has 0 spiro atoms. The molecule has 0 atom stereocenters. The van der Waals surface area contributed by atoms with Crippen LogP contribution < -0.4 is 5.32 Å². The first-order valence-electron chi connectivity index (χ1n) is 5.07. The third-order valence-corrected chi connectivity index (χ3v) is 2.29. The summed E-state index contributed by atoms with van der Waals surface area (Å²) in [5.74, 6) is -1.21. The molecular weight excluding hydrogens is 224 g/mol. The van der Waals surface area contributed by atoms with E-state index in [1.165, 1.54) is 18.2 Å². The van der Waals surface area contributed by atoms with Crippen LogP contribution in [-0.2, 0) is 0 Å². The van der Waals surface area contributed by atoms with E-state index < -0.39 is 11.6 Å². The van der Waals surface area contributed by atoms with Crippen molar-refractivity contribution < 1.29 is 13.9 Å². The van der Waals surface area contributed by atoms with Crippen molar-refractivity contribution >= 4 is 11.4 Å². The molecule has 0 bridgehead atoms. The summed E-state index contributed by atoms with van der Waals surface area (Å²) < 4.78 is 26.5. The van der Waals surface area contributed by atoms with Gasteiger partial charge < -0.3 is 10.4 Å². The molecule has 0 aliphatic carbocycles. The summed E-state index contributed by atoms with van der Waals surface area (Å²) in [4.78, 5) is 0. The van der Waals surface area contributed by atoms with Gasteiger partial charge in [0, 0.05) is 17.8 Å². The predicted octanol–water partition coefficient (Wildman–Crippen LogP) is 3.72. The Morgan fingerprint density at radius 2 is 1.82 bits per heavy atom.